The van der Waals surface area contributed by atoms with E-state index >= 15 is 0 Å². The molecule has 0 aliphatic carbocycles. The van der Waals surface area contributed by atoms with Crippen LogP contribution in [0.5, 0.6) is 0 Å². The predicted octanol–water partition coefficient (Wildman–Crippen LogP) is 4.99. The fraction of sp³-hybridized carbons (Fsp3) is 0.250. The van der Waals surface area contributed by atoms with E-state index in [0.717, 1.165) is 16.7 Å². The third-order valence-electron chi connectivity index (χ3n) is 6.39. The number of ether oxygens (including phenoxy) is 1. The fourth-order valence-corrected chi connectivity index (χ4v) is 4.64. The van der Waals surface area contributed by atoms with Crippen LogP contribution in [-0.2, 0) is 22.1 Å². The average molecular weight is 539 g/mol. The van der Waals surface area contributed by atoms with Crippen molar-refractivity contribution in [3.63, 3.8) is 0 Å². The molecule has 0 radical (unpaired) electrons. The van der Waals surface area contributed by atoms with Crippen LogP contribution in [0, 0.1) is 0 Å². The Morgan fingerprint density at radius 1 is 0.825 bits per heavy atom. The Kier molecular flexibility index (Phi) is 8.48. The molecule has 2 amide bonds. The molecule has 4 rings (SSSR count). The molecule has 0 aliphatic rings. The molecule has 8 nitrogen and oxygen atoms in total. The first-order valence-corrected chi connectivity index (χ1v) is 13.1. The summed E-state index contributed by atoms with van der Waals surface area (Å²) in [5, 5.41) is 5.84. The summed E-state index contributed by atoms with van der Waals surface area (Å²) in [6.07, 6.45) is 1.99. The summed E-state index contributed by atoms with van der Waals surface area (Å²) < 4.78 is 6.94. The highest BCUT2D eigenvalue weighted by Gasteiger charge is 2.39. The molecule has 0 bridgehead atoms. The standard InChI is InChI=1S/C32H34N4O4/c1-31(2,3)40-30(39)34-26(28(38)29-33-20-21-36(29)4)22-27(37)35-32(23-14-8-5-9-15-23,24-16-10-6-11-17-24)25-18-12-7-13-19-25/h5-21,26H,22H2,1-4H3,(H,34,39)(H,35,37)/t26-/m1/s1. The van der Waals surface area contributed by atoms with Gasteiger partial charge in [0.25, 0.3) is 0 Å². The smallest absolute Gasteiger partial charge is 0.408 e. The lowest BCUT2D eigenvalue weighted by molar-refractivity contribution is -0.122. The molecule has 8 heteroatoms. The van der Waals surface area contributed by atoms with Crippen LogP contribution < -0.4 is 10.6 Å². The van der Waals surface area contributed by atoms with Gasteiger partial charge in [-0.05, 0) is 37.5 Å². The summed E-state index contributed by atoms with van der Waals surface area (Å²) in [6.45, 7) is 5.18. The van der Waals surface area contributed by atoms with Gasteiger partial charge in [0.1, 0.15) is 17.2 Å². The molecule has 0 saturated carbocycles. The first kappa shape index (κ1) is 28.3. The van der Waals surface area contributed by atoms with Crippen LogP contribution >= 0.6 is 0 Å². The quantitative estimate of drug-likeness (QED) is 0.231. The number of Topliss-reactive ketones (excluding diaryl/α,β-unsaturated/α-hetero) is 1. The van der Waals surface area contributed by atoms with Crippen LogP contribution in [-0.4, -0.2) is 39.0 Å². The molecular weight excluding hydrogens is 504 g/mol. The zero-order chi connectivity index (χ0) is 28.8. The number of carbonyl (C=O) groups is 3. The van der Waals surface area contributed by atoms with Gasteiger partial charge in [-0.1, -0.05) is 91.0 Å². The zero-order valence-corrected chi connectivity index (χ0v) is 23.1. The van der Waals surface area contributed by atoms with E-state index in [-0.39, 0.29) is 12.2 Å². The maximum absolute atomic E-state index is 13.9. The molecule has 0 aliphatic heterocycles. The van der Waals surface area contributed by atoms with Crippen molar-refractivity contribution >= 4 is 17.8 Å². The normalized spacial score (nSPS) is 12.3. The second-order valence-electron chi connectivity index (χ2n) is 10.5. The van der Waals surface area contributed by atoms with E-state index in [4.69, 9.17) is 4.74 Å². The second-order valence-corrected chi connectivity index (χ2v) is 10.5. The summed E-state index contributed by atoms with van der Waals surface area (Å²) in [4.78, 5) is 44.3. The van der Waals surface area contributed by atoms with Crippen molar-refractivity contribution in [3.8, 4) is 0 Å². The number of carbonyl (C=O) groups excluding carboxylic acids is 3. The Labute approximate surface area is 234 Å². The minimum Gasteiger partial charge on any atom is -0.444 e. The van der Waals surface area contributed by atoms with Crippen molar-refractivity contribution in [1.82, 2.24) is 20.2 Å². The summed E-state index contributed by atoms with van der Waals surface area (Å²) in [5.41, 5.74) is 0.670. The highest BCUT2D eigenvalue weighted by atomic mass is 16.6. The molecule has 0 unspecified atom stereocenters. The Bertz CT molecular complexity index is 1350. The third-order valence-corrected chi connectivity index (χ3v) is 6.39. The average Bonchev–Trinajstić information content (AvgIpc) is 3.37. The summed E-state index contributed by atoms with van der Waals surface area (Å²) in [6, 6.07) is 27.8. The topological polar surface area (TPSA) is 102 Å². The number of benzene rings is 3. The van der Waals surface area contributed by atoms with Gasteiger partial charge in [0.05, 0.1) is 6.42 Å². The number of nitrogens with zero attached hydrogens (tertiary/aromatic N) is 2. The molecule has 3 aromatic carbocycles. The first-order valence-electron chi connectivity index (χ1n) is 13.1. The summed E-state index contributed by atoms with van der Waals surface area (Å²) >= 11 is 0. The maximum Gasteiger partial charge on any atom is 0.408 e. The number of nitrogens with one attached hydrogen (secondary N) is 2. The van der Waals surface area contributed by atoms with E-state index in [1.807, 2.05) is 91.0 Å². The van der Waals surface area contributed by atoms with E-state index in [1.54, 1.807) is 38.6 Å². The Morgan fingerprint density at radius 2 is 1.30 bits per heavy atom. The molecule has 0 spiro atoms. The highest BCUT2D eigenvalue weighted by molar-refractivity contribution is 6.01. The predicted molar refractivity (Wildman–Crippen MR) is 153 cm³/mol. The van der Waals surface area contributed by atoms with Gasteiger partial charge in [0.2, 0.25) is 11.7 Å². The second kappa shape index (κ2) is 12.0. The summed E-state index contributed by atoms with van der Waals surface area (Å²) in [7, 11) is 1.68. The van der Waals surface area contributed by atoms with E-state index in [2.05, 4.69) is 15.6 Å². The van der Waals surface area contributed by atoms with Crippen molar-refractivity contribution < 1.29 is 19.1 Å². The van der Waals surface area contributed by atoms with Gasteiger partial charge in [-0.2, -0.15) is 0 Å². The Morgan fingerprint density at radius 3 is 1.70 bits per heavy atom. The number of aromatic nitrogens is 2. The molecule has 4 aromatic rings. The van der Waals surface area contributed by atoms with Crippen molar-refractivity contribution in [1.29, 1.82) is 0 Å². The number of amides is 2. The maximum atomic E-state index is 13.9. The fourth-order valence-electron chi connectivity index (χ4n) is 4.64. The van der Waals surface area contributed by atoms with Crippen LogP contribution in [0.4, 0.5) is 4.79 Å². The number of imidazole rings is 1. The minimum atomic E-state index is -1.21. The third kappa shape index (κ3) is 6.46. The molecule has 1 atom stereocenters. The van der Waals surface area contributed by atoms with Crippen molar-refractivity contribution in [3.05, 3.63) is 126 Å². The minimum absolute atomic E-state index is 0.120. The molecule has 0 fully saturated rings. The molecule has 1 heterocycles. The number of hydrogen-bond donors (Lipinski definition) is 2. The molecule has 1 aromatic heterocycles. The number of hydrogen-bond acceptors (Lipinski definition) is 5. The lowest BCUT2D eigenvalue weighted by atomic mass is 9.77. The van der Waals surface area contributed by atoms with Gasteiger partial charge in [0, 0.05) is 19.4 Å². The first-order chi connectivity index (χ1) is 19.1. The number of rotatable bonds is 9. The van der Waals surface area contributed by atoms with E-state index < -0.39 is 35.0 Å². The molecule has 206 valence electrons. The Hall–Kier alpha value is -4.72. The van der Waals surface area contributed by atoms with Crippen molar-refractivity contribution in [2.45, 2.75) is 44.4 Å². The van der Waals surface area contributed by atoms with Crippen molar-refractivity contribution in [2.24, 2.45) is 7.05 Å². The van der Waals surface area contributed by atoms with Gasteiger partial charge >= 0.3 is 6.09 Å². The number of aryl methyl sites for hydroxylation is 1. The lowest BCUT2D eigenvalue weighted by Crippen LogP contribution is -2.51. The van der Waals surface area contributed by atoms with Gasteiger partial charge < -0.3 is 19.9 Å². The van der Waals surface area contributed by atoms with Crippen LogP contribution in [0.1, 0.15) is 54.5 Å². The van der Waals surface area contributed by atoms with Crippen LogP contribution in [0.15, 0.2) is 103 Å². The monoisotopic (exact) mass is 538 g/mol. The van der Waals surface area contributed by atoms with Crippen molar-refractivity contribution in [2.75, 3.05) is 0 Å². The van der Waals surface area contributed by atoms with Gasteiger partial charge in [0.15, 0.2) is 5.82 Å². The molecule has 0 saturated heterocycles. The summed E-state index contributed by atoms with van der Waals surface area (Å²) in [5.74, 6) is -0.826. The van der Waals surface area contributed by atoms with E-state index in [9.17, 15) is 14.4 Å². The van der Waals surface area contributed by atoms with Gasteiger partial charge in [-0.15, -0.1) is 0 Å². The van der Waals surface area contributed by atoms with Crippen LogP contribution in [0.25, 0.3) is 0 Å². The number of alkyl carbamates (subject to hydrolysis) is 1. The van der Waals surface area contributed by atoms with E-state index in [1.165, 1.54) is 6.20 Å². The lowest BCUT2D eigenvalue weighted by Gasteiger charge is -2.37. The molecular formula is C32H34N4O4. The van der Waals surface area contributed by atoms with Crippen LogP contribution in [0.2, 0.25) is 0 Å². The van der Waals surface area contributed by atoms with Gasteiger partial charge in [-0.25, -0.2) is 9.78 Å². The Balaban J connectivity index is 1.74. The zero-order valence-electron chi connectivity index (χ0n) is 23.1. The highest BCUT2D eigenvalue weighted by Crippen LogP contribution is 2.37. The van der Waals surface area contributed by atoms with Gasteiger partial charge in [-0.3, -0.25) is 9.59 Å². The SMILES string of the molecule is Cn1ccnc1C(=O)[C@@H](CC(=O)NC(c1ccccc1)(c1ccccc1)c1ccccc1)NC(=O)OC(C)(C)C. The molecule has 2 N–H and O–H groups in total. The molecule has 40 heavy (non-hydrogen) atoms. The number of ketones is 1. The largest absolute Gasteiger partial charge is 0.444 e. The van der Waals surface area contributed by atoms with Crippen LogP contribution in [0.3, 0.4) is 0 Å². The van der Waals surface area contributed by atoms with E-state index in [0.29, 0.717) is 0 Å².